The van der Waals surface area contributed by atoms with E-state index in [4.69, 9.17) is 0 Å². The van der Waals surface area contributed by atoms with Crippen LogP contribution in [0.5, 0.6) is 0 Å². The number of H-pyrrole nitrogens is 1. The number of aryl methyl sites for hydroxylation is 1. The van der Waals surface area contributed by atoms with Crippen LogP contribution in [0.1, 0.15) is 30.2 Å². The zero-order chi connectivity index (χ0) is 21.1. The Kier molecular flexibility index (Phi) is 6.00. The molecule has 1 fully saturated rings. The molecule has 30 heavy (non-hydrogen) atoms. The third kappa shape index (κ3) is 4.46. The maximum Gasteiger partial charge on any atom is 0.330 e. The number of aromatic amines is 1. The van der Waals surface area contributed by atoms with Gasteiger partial charge in [0, 0.05) is 43.2 Å². The normalized spacial score (nSPS) is 19.7. The summed E-state index contributed by atoms with van der Waals surface area (Å²) < 4.78 is 19.0. The summed E-state index contributed by atoms with van der Waals surface area (Å²) in [6, 6.07) is 16.5. The Labute approximate surface area is 177 Å². The number of hydrogen-bond acceptors (Lipinski definition) is 3. The number of nitrogens with zero attached hydrogens (tertiary/aromatic N) is 1. The molecule has 0 aliphatic carbocycles. The second-order valence-electron chi connectivity index (χ2n) is 7.99. The number of para-hydroxylation sites is 1. The summed E-state index contributed by atoms with van der Waals surface area (Å²) in [5, 5.41) is 1.24. The van der Waals surface area contributed by atoms with E-state index < -0.39 is 6.17 Å². The molecule has 1 aliphatic rings. The highest BCUT2D eigenvalue weighted by Crippen LogP contribution is 2.30. The highest BCUT2D eigenvalue weighted by Gasteiger charge is 2.32. The van der Waals surface area contributed by atoms with Crippen LogP contribution in [0.4, 0.5) is 4.39 Å². The Morgan fingerprint density at radius 3 is 2.80 bits per heavy atom. The summed E-state index contributed by atoms with van der Waals surface area (Å²) in [6.45, 7) is 3.28. The number of esters is 1. The van der Waals surface area contributed by atoms with E-state index in [1.165, 1.54) is 29.8 Å². The standard InChI is InChI=1S/C25H27FN2O2.H2/c1-17-23(22-5-3-4-6-24(22)27-17)14-21-13-20(26)16-28(21)15-19-9-7-18(8-10-19)11-12-25(29)30-2;/h3-12,20-21,27H,13-16H2,1-2H3;1H/b12-11+;/t20?,21-;/m1./s1. The number of ether oxygens (including phenoxy) is 1. The molecule has 0 spiro atoms. The van der Waals surface area contributed by atoms with Crippen LogP contribution in [-0.4, -0.2) is 41.7 Å². The van der Waals surface area contributed by atoms with Crippen molar-refractivity contribution in [1.29, 1.82) is 0 Å². The Morgan fingerprint density at radius 2 is 2.03 bits per heavy atom. The molecule has 4 nitrogen and oxygen atoms in total. The van der Waals surface area contributed by atoms with E-state index in [-0.39, 0.29) is 13.4 Å². The fourth-order valence-corrected chi connectivity index (χ4v) is 4.36. The van der Waals surface area contributed by atoms with Crippen LogP contribution in [0.2, 0.25) is 0 Å². The fourth-order valence-electron chi connectivity index (χ4n) is 4.36. The van der Waals surface area contributed by atoms with Crippen molar-refractivity contribution < 1.29 is 15.3 Å². The van der Waals surface area contributed by atoms with Gasteiger partial charge in [-0.1, -0.05) is 42.5 Å². The number of carbonyl (C=O) groups excluding carboxylic acids is 1. The van der Waals surface area contributed by atoms with Crippen molar-refractivity contribution >= 4 is 22.9 Å². The molecule has 0 radical (unpaired) electrons. The molecule has 1 unspecified atom stereocenters. The van der Waals surface area contributed by atoms with Gasteiger partial charge in [0.2, 0.25) is 0 Å². The number of benzene rings is 2. The average Bonchev–Trinajstić information content (AvgIpc) is 3.26. The first-order chi connectivity index (χ1) is 14.5. The highest BCUT2D eigenvalue weighted by atomic mass is 19.1. The summed E-state index contributed by atoms with van der Waals surface area (Å²) in [5.74, 6) is -0.374. The molecule has 1 aromatic heterocycles. The number of halogens is 1. The van der Waals surface area contributed by atoms with E-state index >= 15 is 0 Å². The van der Waals surface area contributed by atoms with Gasteiger partial charge in [0.1, 0.15) is 6.17 Å². The lowest BCUT2D eigenvalue weighted by Crippen LogP contribution is -2.31. The summed E-state index contributed by atoms with van der Waals surface area (Å²) in [5.41, 5.74) is 5.67. The number of hydrogen-bond donors (Lipinski definition) is 1. The van der Waals surface area contributed by atoms with Crippen molar-refractivity contribution in [3.63, 3.8) is 0 Å². The van der Waals surface area contributed by atoms with Gasteiger partial charge in [-0.2, -0.15) is 0 Å². The SMILES string of the molecule is COC(=O)/C=C/c1ccc(CN2CC(F)C[C@@H]2Cc2c(C)[nH]c3ccccc23)cc1.[HH]. The van der Waals surface area contributed by atoms with Crippen LogP contribution in [0.3, 0.4) is 0 Å². The van der Waals surface area contributed by atoms with Crippen molar-refractivity contribution in [2.45, 2.75) is 38.5 Å². The van der Waals surface area contributed by atoms with E-state index in [0.717, 1.165) is 23.1 Å². The minimum atomic E-state index is -0.789. The van der Waals surface area contributed by atoms with Gasteiger partial charge in [0.15, 0.2) is 0 Å². The monoisotopic (exact) mass is 408 g/mol. The van der Waals surface area contributed by atoms with Gasteiger partial charge in [0.05, 0.1) is 7.11 Å². The van der Waals surface area contributed by atoms with Crippen LogP contribution in [0.25, 0.3) is 17.0 Å². The molecular formula is C25H29FN2O2. The minimum absolute atomic E-state index is 0. The summed E-state index contributed by atoms with van der Waals surface area (Å²) >= 11 is 0. The zero-order valence-corrected chi connectivity index (χ0v) is 17.4. The molecule has 2 atom stereocenters. The van der Waals surface area contributed by atoms with E-state index in [1.54, 1.807) is 6.08 Å². The smallest absolute Gasteiger partial charge is 0.330 e. The first-order valence-electron chi connectivity index (χ1n) is 10.3. The second-order valence-corrected chi connectivity index (χ2v) is 7.99. The molecule has 2 aromatic carbocycles. The van der Waals surface area contributed by atoms with E-state index in [1.807, 2.05) is 30.3 Å². The Morgan fingerprint density at radius 1 is 1.27 bits per heavy atom. The number of likely N-dealkylation sites (tertiary alicyclic amines) is 1. The van der Waals surface area contributed by atoms with Crippen molar-refractivity contribution in [3.05, 3.63) is 77.0 Å². The van der Waals surface area contributed by atoms with Gasteiger partial charge in [-0.05, 0) is 48.6 Å². The quantitative estimate of drug-likeness (QED) is 0.458. The molecule has 158 valence electrons. The average molecular weight is 409 g/mol. The fraction of sp³-hybridized carbons (Fsp3) is 0.320. The van der Waals surface area contributed by atoms with Crippen molar-refractivity contribution in [2.24, 2.45) is 0 Å². The highest BCUT2D eigenvalue weighted by molar-refractivity contribution is 5.87. The van der Waals surface area contributed by atoms with Gasteiger partial charge in [-0.15, -0.1) is 0 Å². The lowest BCUT2D eigenvalue weighted by Gasteiger charge is -2.24. The number of methoxy groups -OCH3 is 1. The van der Waals surface area contributed by atoms with E-state index in [2.05, 4.69) is 39.7 Å². The zero-order valence-electron chi connectivity index (χ0n) is 17.4. The summed E-state index contributed by atoms with van der Waals surface area (Å²) in [6.07, 6.45) is 3.76. The summed E-state index contributed by atoms with van der Waals surface area (Å²) in [4.78, 5) is 16.9. The molecule has 4 rings (SSSR count). The lowest BCUT2D eigenvalue weighted by molar-refractivity contribution is -0.134. The topological polar surface area (TPSA) is 45.3 Å². The maximum atomic E-state index is 14.3. The van der Waals surface area contributed by atoms with Crippen LogP contribution in [-0.2, 0) is 22.5 Å². The van der Waals surface area contributed by atoms with E-state index in [9.17, 15) is 9.18 Å². The van der Waals surface area contributed by atoms with Gasteiger partial charge in [0.25, 0.3) is 0 Å². The van der Waals surface area contributed by atoms with E-state index in [0.29, 0.717) is 19.5 Å². The minimum Gasteiger partial charge on any atom is -0.466 e. The molecule has 5 heteroatoms. The third-order valence-corrected chi connectivity index (χ3v) is 5.92. The molecule has 0 bridgehead atoms. The van der Waals surface area contributed by atoms with Crippen molar-refractivity contribution in [1.82, 2.24) is 9.88 Å². The molecule has 0 saturated carbocycles. The Hall–Kier alpha value is -2.92. The number of nitrogens with one attached hydrogen (secondary N) is 1. The van der Waals surface area contributed by atoms with Crippen LogP contribution in [0, 0.1) is 6.92 Å². The lowest BCUT2D eigenvalue weighted by atomic mass is 10.0. The molecule has 2 heterocycles. The van der Waals surface area contributed by atoms with Gasteiger partial charge >= 0.3 is 5.97 Å². The number of fused-ring (bicyclic) bond motifs is 1. The molecule has 3 aromatic rings. The van der Waals surface area contributed by atoms with Gasteiger partial charge in [-0.3, -0.25) is 4.90 Å². The third-order valence-electron chi connectivity index (χ3n) is 5.92. The van der Waals surface area contributed by atoms with Gasteiger partial charge < -0.3 is 9.72 Å². The largest absolute Gasteiger partial charge is 0.466 e. The molecule has 1 N–H and O–H groups in total. The van der Waals surface area contributed by atoms with Crippen molar-refractivity contribution in [3.8, 4) is 0 Å². The number of alkyl halides is 1. The predicted octanol–water partition coefficient (Wildman–Crippen LogP) is 5.06. The molecule has 1 saturated heterocycles. The molecular weight excluding hydrogens is 379 g/mol. The van der Waals surface area contributed by atoms with Crippen LogP contribution in [0.15, 0.2) is 54.6 Å². The Balaban J connectivity index is 0.00000272. The van der Waals surface area contributed by atoms with Crippen LogP contribution >= 0.6 is 0 Å². The number of carbonyl (C=O) groups is 1. The van der Waals surface area contributed by atoms with Crippen molar-refractivity contribution in [2.75, 3.05) is 13.7 Å². The predicted molar refractivity (Wildman–Crippen MR) is 120 cm³/mol. The summed E-state index contributed by atoms with van der Waals surface area (Å²) in [7, 11) is 1.36. The first kappa shape index (κ1) is 20.4. The number of aromatic nitrogens is 1. The van der Waals surface area contributed by atoms with Gasteiger partial charge in [-0.25, -0.2) is 9.18 Å². The maximum absolute atomic E-state index is 14.3. The molecule has 0 amide bonds. The molecule has 1 aliphatic heterocycles. The first-order valence-corrected chi connectivity index (χ1v) is 10.3. The Bertz CT molecular complexity index is 1060. The number of rotatable bonds is 6. The van der Waals surface area contributed by atoms with Crippen LogP contribution < -0.4 is 0 Å². The second kappa shape index (κ2) is 8.84.